The molecule has 0 aromatic heterocycles. The second-order valence-electron chi connectivity index (χ2n) is 6.43. The summed E-state index contributed by atoms with van der Waals surface area (Å²) in [6, 6.07) is 11.7. The summed E-state index contributed by atoms with van der Waals surface area (Å²) in [5.41, 5.74) is 7.83. The maximum atomic E-state index is 12.4. The van der Waals surface area contributed by atoms with Crippen LogP contribution in [0.2, 0.25) is 0 Å². The molecule has 4 nitrogen and oxygen atoms in total. The SMILES string of the molecule is [B]c1ccc(C2Nc3cc(C)c(C)cc3NC3=C2C(=O)NC3)cc1. The summed E-state index contributed by atoms with van der Waals surface area (Å²) in [6.45, 7) is 4.70. The molecule has 5 heteroatoms. The van der Waals surface area contributed by atoms with E-state index in [9.17, 15) is 4.79 Å². The third kappa shape index (κ3) is 2.37. The largest absolute Gasteiger partial charge is 0.372 e. The van der Waals surface area contributed by atoms with Crippen LogP contribution in [0.1, 0.15) is 22.7 Å². The highest BCUT2D eigenvalue weighted by Gasteiger charge is 2.33. The molecule has 0 saturated carbocycles. The summed E-state index contributed by atoms with van der Waals surface area (Å²) < 4.78 is 0. The van der Waals surface area contributed by atoms with Gasteiger partial charge in [-0.3, -0.25) is 4.79 Å². The van der Waals surface area contributed by atoms with Gasteiger partial charge in [0.25, 0.3) is 5.91 Å². The number of aryl methyl sites for hydroxylation is 2. The Balaban J connectivity index is 1.86. The number of benzene rings is 2. The summed E-state index contributed by atoms with van der Waals surface area (Å²) in [6.07, 6.45) is 0. The number of amides is 1. The lowest BCUT2D eigenvalue weighted by Crippen LogP contribution is -2.24. The lowest BCUT2D eigenvalue weighted by Gasteiger charge is -2.21. The van der Waals surface area contributed by atoms with Gasteiger partial charge >= 0.3 is 0 Å². The molecular formula is C19H18BN3O. The minimum atomic E-state index is -0.209. The van der Waals surface area contributed by atoms with Crippen molar-refractivity contribution in [3.05, 3.63) is 64.4 Å². The molecule has 1 unspecified atom stereocenters. The van der Waals surface area contributed by atoms with Gasteiger partial charge in [-0.05, 0) is 42.7 Å². The first kappa shape index (κ1) is 14.9. The van der Waals surface area contributed by atoms with Crippen LogP contribution in [0.15, 0.2) is 47.7 Å². The number of hydrogen-bond donors (Lipinski definition) is 3. The molecule has 118 valence electrons. The first-order valence-corrected chi connectivity index (χ1v) is 8.04. The van der Waals surface area contributed by atoms with Crippen molar-refractivity contribution < 1.29 is 4.79 Å². The van der Waals surface area contributed by atoms with E-state index >= 15 is 0 Å². The van der Waals surface area contributed by atoms with Crippen LogP contribution in [0.25, 0.3) is 0 Å². The third-order valence-electron chi connectivity index (χ3n) is 4.77. The predicted octanol–water partition coefficient (Wildman–Crippen LogP) is 2.06. The lowest BCUT2D eigenvalue weighted by molar-refractivity contribution is -0.116. The van der Waals surface area contributed by atoms with E-state index in [0.717, 1.165) is 28.2 Å². The zero-order valence-electron chi connectivity index (χ0n) is 13.7. The Morgan fingerprint density at radius 1 is 1.04 bits per heavy atom. The van der Waals surface area contributed by atoms with Crippen molar-refractivity contribution in [3.8, 4) is 0 Å². The molecule has 0 spiro atoms. The molecule has 2 radical (unpaired) electrons. The molecule has 4 rings (SSSR count). The van der Waals surface area contributed by atoms with Gasteiger partial charge in [-0.25, -0.2) is 0 Å². The molecule has 0 fully saturated rings. The van der Waals surface area contributed by atoms with E-state index in [1.807, 2.05) is 24.3 Å². The van der Waals surface area contributed by atoms with Gasteiger partial charge in [-0.2, -0.15) is 0 Å². The lowest BCUT2D eigenvalue weighted by atomic mass is 9.91. The number of rotatable bonds is 1. The first-order valence-electron chi connectivity index (χ1n) is 8.04. The minimum absolute atomic E-state index is 0.0342. The average Bonchev–Trinajstić information content (AvgIpc) is 2.82. The molecule has 2 heterocycles. The number of anilines is 2. The number of nitrogens with one attached hydrogen (secondary N) is 3. The highest BCUT2D eigenvalue weighted by atomic mass is 16.2. The zero-order chi connectivity index (χ0) is 16.8. The van der Waals surface area contributed by atoms with Gasteiger partial charge < -0.3 is 16.0 Å². The van der Waals surface area contributed by atoms with Crippen molar-refractivity contribution in [2.45, 2.75) is 19.9 Å². The van der Waals surface area contributed by atoms with E-state index < -0.39 is 0 Å². The van der Waals surface area contributed by atoms with Crippen LogP contribution in [-0.2, 0) is 4.79 Å². The van der Waals surface area contributed by atoms with Crippen LogP contribution in [0.3, 0.4) is 0 Å². The van der Waals surface area contributed by atoms with Gasteiger partial charge in [0.2, 0.25) is 0 Å². The molecule has 2 aromatic carbocycles. The molecule has 2 aromatic rings. The van der Waals surface area contributed by atoms with Crippen molar-refractivity contribution in [3.63, 3.8) is 0 Å². The van der Waals surface area contributed by atoms with E-state index in [4.69, 9.17) is 7.85 Å². The van der Waals surface area contributed by atoms with Crippen molar-refractivity contribution in [2.24, 2.45) is 0 Å². The van der Waals surface area contributed by atoms with Gasteiger partial charge in [0.15, 0.2) is 0 Å². The average molecular weight is 315 g/mol. The van der Waals surface area contributed by atoms with Crippen LogP contribution in [0.5, 0.6) is 0 Å². The van der Waals surface area contributed by atoms with Gasteiger partial charge in [0, 0.05) is 5.70 Å². The summed E-state index contributed by atoms with van der Waals surface area (Å²) in [4.78, 5) is 12.4. The van der Waals surface area contributed by atoms with E-state index in [0.29, 0.717) is 12.0 Å². The van der Waals surface area contributed by atoms with E-state index in [1.54, 1.807) is 0 Å². The summed E-state index contributed by atoms with van der Waals surface area (Å²) in [5, 5.41) is 9.90. The van der Waals surface area contributed by atoms with Crippen LogP contribution >= 0.6 is 0 Å². The molecule has 0 aliphatic carbocycles. The Kier molecular flexibility index (Phi) is 3.37. The third-order valence-corrected chi connectivity index (χ3v) is 4.77. The fraction of sp³-hybridized carbons (Fsp3) is 0.211. The zero-order valence-corrected chi connectivity index (χ0v) is 13.7. The van der Waals surface area contributed by atoms with Gasteiger partial charge in [-0.1, -0.05) is 29.7 Å². The van der Waals surface area contributed by atoms with Gasteiger partial charge in [0.05, 0.1) is 29.5 Å². The van der Waals surface area contributed by atoms with Crippen molar-refractivity contribution >= 4 is 30.6 Å². The molecule has 1 amide bonds. The first-order chi connectivity index (χ1) is 11.5. The molecule has 1 atom stereocenters. The molecule has 0 saturated heterocycles. The number of carbonyl (C=O) groups excluding carboxylic acids is 1. The smallest absolute Gasteiger partial charge is 0.251 e. The van der Waals surface area contributed by atoms with Crippen LogP contribution in [-0.4, -0.2) is 20.3 Å². The van der Waals surface area contributed by atoms with Crippen LogP contribution in [0.4, 0.5) is 11.4 Å². The standard InChI is InChI=1S/C19H18BN3O/c1-10-7-14-15(8-11(10)2)23-18(12-3-5-13(20)6-4-12)17-16(22-14)9-21-19(17)24/h3-8,18,22-23H,9H2,1-2H3,(H,21,24). The molecular weight excluding hydrogens is 297 g/mol. The summed E-state index contributed by atoms with van der Waals surface area (Å²) in [7, 11) is 5.81. The second-order valence-corrected chi connectivity index (χ2v) is 6.43. The maximum absolute atomic E-state index is 12.4. The van der Waals surface area contributed by atoms with Crippen LogP contribution < -0.4 is 21.4 Å². The van der Waals surface area contributed by atoms with Crippen molar-refractivity contribution in [2.75, 3.05) is 17.2 Å². The second kappa shape index (κ2) is 5.44. The van der Waals surface area contributed by atoms with Gasteiger partial charge in [0.1, 0.15) is 7.85 Å². The number of carbonyl (C=O) groups is 1. The molecule has 0 bridgehead atoms. The fourth-order valence-electron chi connectivity index (χ4n) is 3.28. The monoisotopic (exact) mass is 315 g/mol. The quantitative estimate of drug-likeness (QED) is 0.706. The normalized spacial score (nSPS) is 18.9. The van der Waals surface area contributed by atoms with Crippen molar-refractivity contribution in [1.82, 2.24) is 5.32 Å². The maximum Gasteiger partial charge on any atom is 0.251 e. The molecule has 3 N–H and O–H groups in total. The Labute approximate surface area is 142 Å². The Bertz CT molecular complexity index is 871. The van der Waals surface area contributed by atoms with Crippen LogP contribution in [0, 0.1) is 13.8 Å². The Morgan fingerprint density at radius 2 is 1.71 bits per heavy atom. The Morgan fingerprint density at radius 3 is 2.42 bits per heavy atom. The summed E-state index contributed by atoms with van der Waals surface area (Å²) in [5.74, 6) is -0.0342. The summed E-state index contributed by atoms with van der Waals surface area (Å²) >= 11 is 0. The van der Waals surface area contributed by atoms with Crippen molar-refractivity contribution in [1.29, 1.82) is 0 Å². The van der Waals surface area contributed by atoms with E-state index in [-0.39, 0.29) is 11.9 Å². The van der Waals surface area contributed by atoms with E-state index in [2.05, 4.69) is 41.9 Å². The molecule has 24 heavy (non-hydrogen) atoms. The van der Waals surface area contributed by atoms with Gasteiger partial charge in [-0.15, -0.1) is 0 Å². The topological polar surface area (TPSA) is 53.2 Å². The van der Waals surface area contributed by atoms with E-state index in [1.165, 1.54) is 11.1 Å². The minimum Gasteiger partial charge on any atom is -0.372 e. The fourth-order valence-corrected chi connectivity index (χ4v) is 3.28. The highest BCUT2D eigenvalue weighted by molar-refractivity contribution is 6.32. The number of hydrogen-bond acceptors (Lipinski definition) is 3. The predicted molar refractivity (Wildman–Crippen MR) is 97.8 cm³/mol. The molecule has 2 aliphatic rings. The molecule has 2 aliphatic heterocycles. The number of fused-ring (bicyclic) bond motifs is 1. The highest BCUT2D eigenvalue weighted by Crippen LogP contribution is 2.38. The Hall–Kier alpha value is -2.69.